The van der Waals surface area contributed by atoms with E-state index in [2.05, 4.69) is 10.6 Å². The van der Waals surface area contributed by atoms with Crippen molar-refractivity contribution < 1.29 is 22.7 Å². The van der Waals surface area contributed by atoms with Crippen LogP contribution in [0.25, 0.3) is 0 Å². The molecule has 1 aromatic carbocycles. The van der Waals surface area contributed by atoms with Gasteiger partial charge in [0.15, 0.2) is 0 Å². The Morgan fingerprint density at radius 1 is 1.32 bits per heavy atom. The van der Waals surface area contributed by atoms with Gasteiger partial charge in [-0.05, 0) is 44.6 Å². The SMILES string of the molecule is CCCOc1ccc(C(F)(F)F)cc1NC(=O)CCCNC. The zero-order valence-electron chi connectivity index (χ0n) is 12.7. The molecule has 0 aliphatic heterocycles. The van der Waals surface area contributed by atoms with Crippen LogP contribution in [0.15, 0.2) is 18.2 Å². The van der Waals surface area contributed by atoms with Crippen molar-refractivity contribution in [2.75, 3.05) is 25.5 Å². The predicted molar refractivity (Wildman–Crippen MR) is 79.0 cm³/mol. The van der Waals surface area contributed by atoms with Crippen LogP contribution in [0.3, 0.4) is 0 Å². The first-order valence-electron chi connectivity index (χ1n) is 7.17. The molecule has 0 bridgehead atoms. The first-order chi connectivity index (χ1) is 10.4. The van der Waals surface area contributed by atoms with Crippen LogP contribution >= 0.6 is 0 Å². The van der Waals surface area contributed by atoms with Crippen molar-refractivity contribution in [2.45, 2.75) is 32.4 Å². The maximum atomic E-state index is 12.8. The average Bonchev–Trinajstić information content (AvgIpc) is 2.45. The van der Waals surface area contributed by atoms with E-state index in [0.717, 1.165) is 18.6 Å². The Kier molecular flexibility index (Phi) is 7.17. The van der Waals surface area contributed by atoms with E-state index in [1.807, 2.05) is 6.92 Å². The van der Waals surface area contributed by atoms with Gasteiger partial charge in [0.05, 0.1) is 17.9 Å². The van der Waals surface area contributed by atoms with Crippen molar-refractivity contribution in [3.63, 3.8) is 0 Å². The molecule has 1 amide bonds. The van der Waals surface area contributed by atoms with E-state index < -0.39 is 11.7 Å². The monoisotopic (exact) mass is 318 g/mol. The van der Waals surface area contributed by atoms with E-state index in [-0.39, 0.29) is 23.8 Å². The van der Waals surface area contributed by atoms with Crippen LogP contribution in [0, 0.1) is 0 Å². The summed E-state index contributed by atoms with van der Waals surface area (Å²) in [6.07, 6.45) is -2.91. The van der Waals surface area contributed by atoms with Gasteiger partial charge in [0.2, 0.25) is 5.91 Å². The van der Waals surface area contributed by atoms with E-state index >= 15 is 0 Å². The fourth-order valence-electron chi connectivity index (χ4n) is 1.78. The minimum atomic E-state index is -4.46. The number of ether oxygens (including phenoxy) is 1. The number of hydrogen-bond acceptors (Lipinski definition) is 3. The fraction of sp³-hybridized carbons (Fsp3) is 0.533. The van der Waals surface area contributed by atoms with Gasteiger partial charge >= 0.3 is 6.18 Å². The molecule has 0 saturated heterocycles. The Balaban J connectivity index is 2.88. The lowest BCUT2D eigenvalue weighted by atomic mass is 10.1. The highest BCUT2D eigenvalue weighted by molar-refractivity contribution is 5.92. The van der Waals surface area contributed by atoms with Crippen LogP contribution in [-0.4, -0.2) is 26.1 Å². The number of rotatable bonds is 8. The number of benzene rings is 1. The third-order valence-electron chi connectivity index (χ3n) is 2.87. The highest BCUT2D eigenvalue weighted by atomic mass is 19.4. The van der Waals surface area contributed by atoms with Gasteiger partial charge in [0.25, 0.3) is 0 Å². The second-order valence-corrected chi connectivity index (χ2v) is 4.81. The van der Waals surface area contributed by atoms with Crippen molar-refractivity contribution in [1.82, 2.24) is 5.32 Å². The maximum Gasteiger partial charge on any atom is 0.416 e. The van der Waals surface area contributed by atoms with Gasteiger partial charge in [-0.25, -0.2) is 0 Å². The standard InChI is InChI=1S/C15H21F3N2O2/c1-3-9-22-13-7-6-11(15(16,17)18)10-12(13)20-14(21)5-4-8-19-2/h6-7,10,19H,3-5,8-9H2,1-2H3,(H,20,21). The summed E-state index contributed by atoms with van der Waals surface area (Å²) >= 11 is 0. The number of hydrogen-bond donors (Lipinski definition) is 2. The fourth-order valence-corrected chi connectivity index (χ4v) is 1.78. The van der Waals surface area contributed by atoms with Gasteiger partial charge < -0.3 is 15.4 Å². The largest absolute Gasteiger partial charge is 0.491 e. The number of alkyl halides is 3. The van der Waals surface area contributed by atoms with Crippen LogP contribution < -0.4 is 15.4 Å². The summed E-state index contributed by atoms with van der Waals surface area (Å²) in [5.74, 6) is -0.0901. The van der Waals surface area contributed by atoms with E-state index in [1.54, 1.807) is 7.05 Å². The molecule has 1 rings (SSSR count). The van der Waals surface area contributed by atoms with Crippen molar-refractivity contribution in [1.29, 1.82) is 0 Å². The van der Waals surface area contributed by atoms with Crippen LogP contribution in [0.1, 0.15) is 31.7 Å². The molecule has 0 atom stereocenters. The first-order valence-corrected chi connectivity index (χ1v) is 7.17. The Morgan fingerprint density at radius 2 is 2.05 bits per heavy atom. The Morgan fingerprint density at radius 3 is 2.64 bits per heavy atom. The summed E-state index contributed by atoms with van der Waals surface area (Å²) in [6.45, 7) is 2.92. The van der Waals surface area contributed by atoms with Gasteiger partial charge in [-0.3, -0.25) is 4.79 Å². The summed E-state index contributed by atoms with van der Waals surface area (Å²) in [5.41, 5.74) is -0.764. The molecule has 0 unspecified atom stereocenters. The van der Waals surface area contributed by atoms with Gasteiger partial charge in [-0.1, -0.05) is 6.92 Å². The third-order valence-corrected chi connectivity index (χ3v) is 2.87. The number of anilines is 1. The molecule has 1 aromatic rings. The minimum Gasteiger partial charge on any atom is -0.491 e. The lowest BCUT2D eigenvalue weighted by Gasteiger charge is -2.15. The molecule has 0 aromatic heterocycles. The average molecular weight is 318 g/mol. The summed E-state index contributed by atoms with van der Waals surface area (Å²) < 4.78 is 43.7. The topological polar surface area (TPSA) is 50.4 Å². The third kappa shape index (κ3) is 5.93. The minimum absolute atomic E-state index is 0.0535. The summed E-state index contributed by atoms with van der Waals surface area (Å²) in [7, 11) is 1.77. The van der Waals surface area contributed by atoms with Gasteiger partial charge in [-0.15, -0.1) is 0 Å². The van der Waals surface area contributed by atoms with E-state index in [0.29, 0.717) is 19.6 Å². The zero-order chi connectivity index (χ0) is 16.6. The smallest absolute Gasteiger partial charge is 0.416 e. The Hall–Kier alpha value is -1.76. The van der Waals surface area contributed by atoms with Gasteiger partial charge in [0.1, 0.15) is 5.75 Å². The van der Waals surface area contributed by atoms with Gasteiger partial charge in [-0.2, -0.15) is 13.2 Å². The van der Waals surface area contributed by atoms with Crippen molar-refractivity contribution in [3.8, 4) is 5.75 Å². The predicted octanol–water partition coefficient (Wildman–Crippen LogP) is 3.43. The van der Waals surface area contributed by atoms with Crippen LogP contribution in [0.4, 0.5) is 18.9 Å². The van der Waals surface area contributed by atoms with E-state index in [1.165, 1.54) is 6.07 Å². The molecule has 124 valence electrons. The second kappa shape index (κ2) is 8.63. The van der Waals surface area contributed by atoms with Crippen molar-refractivity contribution in [2.24, 2.45) is 0 Å². The number of carbonyl (C=O) groups excluding carboxylic acids is 1. The molecule has 0 saturated carbocycles. The first kappa shape index (κ1) is 18.3. The summed E-state index contributed by atoms with van der Waals surface area (Å²) in [4.78, 5) is 11.8. The van der Waals surface area contributed by atoms with E-state index in [9.17, 15) is 18.0 Å². The highest BCUT2D eigenvalue weighted by Gasteiger charge is 2.31. The molecular formula is C15H21F3N2O2. The highest BCUT2D eigenvalue weighted by Crippen LogP contribution is 2.35. The zero-order valence-corrected chi connectivity index (χ0v) is 12.7. The Labute approximate surface area is 128 Å². The van der Waals surface area contributed by atoms with E-state index in [4.69, 9.17) is 4.74 Å². The molecule has 0 aliphatic carbocycles. The number of halogens is 3. The van der Waals surface area contributed by atoms with Crippen molar-refractivity contribution >= 4 is 11.6 Å². The molecule has 0 radical (unpaired) electrons. The quantitative estimate of drug-likeness (QED) is 0.722. The molecule has 0 fully saturated rings. The molecule has 0 heterocycles. The molecular weight excluding hydrogens is 297 g/mol. The number of nitrogens with one attached hydrogen (secondary N) is 2. The molecule has 2 N–H and O–H groups in total. The molecule has 22 heavy (non-hydrogen) atoms. The number of carbonyl (C=O) groups is 1. The van der Waals surface area contributed by atoms with Crippen LogP contribution in [0.5, 0.6) is 5.75 Å². The second-order valence-electron chi connectivity index (χ2n) is 4.81. The number of amides is 1. The maximum absolute atomic E-state index is 12.8. The lowest BCUT2D eigenvalue weighted by Crippen LogP contribution is -2.16. The summed E-state index contributed by atoms with van der Waals surface area (Å²) in [6, 6.07) is 3.09. The van der Waals surface area contributed by atoms with Crippen molar-refractivity contribution in [3.05, 3.63) is 23.8 Å². The van der Waals surface area contributed by atoms with Crippen LogP contribution in [-0.2, 0) is 11.0 Å². The lowest BCUT2D eigenvalue weighted by molar-refractivity contribution is -0.137. The molecule has 7 heteroatoms. The molecule has 4 nitrogen and oxygen atoms in total. The Bertz CT molecular complexity index is 490. The van der Waals surface area contributed by atoms with Gasteiger partial charge in [0, 0.05) is 6.42 Å². The normalized spacial score (nSPS) is 11.3. The molecule has 0 aliphatic rings. The molecule has 0 spiro atoms. The van der Waals surface area contributed by atoms with Crippen LogP contribution in [0.2, 0.25) is 0 Å². The summed E-state index contributed by atoms with van der Waals surface area (Å²) in [5, 5.41) is 5.40.